The minimum absolute atomic E-state index is 0.0398. The molecule has 0 aliphatic carbocycles. The number of sulfone groups is 1. The Balaban J connectivity index is 1.67. The number of aliphatic hydroxyl groups is 2. The minimum Gasteiger partial charge on any atom is -0.380 e. The second kappa shape index (κ2) is 12.7. The van der Waals surface area contributed by atoms with Gasteiger partial charge in [0.15, 0.2) is 27.2 Å². The molecule has 0 saturated carbocycles. The molecule has 1 aromatic carbocycles. The van der Waals surface area contributed by atoms with Gasteiger partial charge >= 0.3 is 0 Å². The topological polar surface area (TPSA) is 192 Å². The van der Waals surface area contributed by atoms with Crippen LogP contribution in [0, 0.1) is 0 Å². The summed E-state index contributed by atoms with van der Waals surface area (Å²) in [5.41, 5.74) is 7.31. The fourth-order valence-corrected chi connectivity index (χ4v) is 6.40. The summed E-state index contributed by atoms with van der Waals surface area (Å²) >= 11 is 3.00. The van der Waals surface area contributed by atoms with E-state index in [0.717, 1.165) is 33.3 Å². The first kappa shape index (κ1) is 30.2. The number of nitrogens with zero attached hydrogens (tertiary/aromatic N) is 3. The molecule has 1 aliphatic rings. The zero-order chi connectivity index (χ0) is 28.2. The van der Waals surface area contributed by atoms with E-state index < -0.39 is 45.9 Å². The van der Waals surface area contributed by atoms with E-state index in [1.54, 1.807) is 37.4 Å². The van der Waals surface area contributed by atoms with Crippen LogP contribution in [0.4, 0.5) is 10.8 Å². The molecule has 1 saturated heterocycles. The van der Waals surface area contributed by atoms with Crippen molar-refractivity contribution in [2.24, 2.45) is 5.84 Å². The molecule has 1 fully saturated rings. The molecule has 12 nitrogen and oxygen atoms in total. The van der Waals surface area contributed by atoms with E-state index in [9.17, 15) is 28.2 Å². The van der Waals surface area contributed by atoms with Crippen molar-refractivity contribution in [1.29, 1.82) is 0 Å². The highest BCUT2D eigenvalue weighted by molar-refractivity contribution is 14.1. The molecular formula is C23H31IN6O6S2. The van der Waals surface area contributed by atoms with Gasteiger partial charge in [-0.2, -0.15) is 0 Å². The van der Waals surface area contributed by atoms with Gasteiger partial charge in [0, 0.05) is 23.4 Å². The molecule has 7 N–H and O–H groups in total. The van der Waals surface area contributed by atoms with Gasteiger partial charge in [-0.1, -0.05) is 52.1 Å². The number of halogens is 1. The molecule has 15 heteroatoms. The van der Waals surface area contributed by atoms with E-state index in [2.05, 4.69) is 32.9 Å². The van der Waals surface area contributed by atoms with Crippen LogP contribution in [0.2, 0.25) is 0 Å². The van der Waals surface area contributed by atoms with Crippen LogP contribution < -0.4 is 21.9 Å². The second-order valence-corrected chi connectivity index (χ2v) is 13.0. The number of nitrogens with one attached hydrogen (secondary N) is 1. The predicted molar refractivity (Wildman–Crippen MR) is 153 cm³/mol. The summed E-state index contributed by atoms with van der Waals surface area (Å²) in [5, 5.41) is 25.2. The molecule has 4 atom stereocenters. The average molecular weight is 679 g/mol. The number of anilines is 2. The maximum Gasteiger partial charge on any atom is 0.255 e. The van der Waals surface area contributed by atoms with Gasteiger partial charge in [-0.3, -0.25) is 14.6 Å². The lowest BCUT2D eigenvalue weighted by Gasteiger charge is -2.28. The van der Waals surface area contributed by atoms with Crippen molar-refractivity contribution >= 4 is 66.4 Å². The zero-order valence-corrected chi connectivity index (χ0v) is 24.6. The number of hydrazine groups is 1. The van der Waals surface area contributed by atoms with Crippen molar-refractivity contribution in [3.63, 3.8) is 0 Å². The Morgan fingerprint density at radius 3 is 2.58 bits per heavy atom. The fraction of sp³-hybridized carbons (Fsp3) is 0.435. The summed E-state index contributed by atoms with van der Waals surface area (Å²) in [6.45, 7) is 1.89. The van der Waals surface area contributed by atoms with Crippen LogP contribution in [-0.4, -0.2) is 69.8 Å². The standard InChI is InChI=1S/C23H31IN6O6S2/c1-13(14-6-8-15(9-7-14)30(26)12-4-10-24)27-20(33)18(31)19(32)21(34)29-11-3-5-16(29)17-22(38(2,35)36)37-23(25)28-17/h4,6-9,12-13,16,18-19,31-32H,3,5,10-11,26H2,1-2H3,(H2,25,28)(H,27,33)/b12-4-/t13-,16-,18-,19-/m1/s1. The Kier molecular flexibility index (Phi) is 10.1. The van der Waals surface area contributed by atoms with Crippen molar-refractivity contribution in [2.75, 3.05) is 28.0 Å². The fourth-order valence-electron chi connectivity index (χ4n) is 4.13. The quantitative estimate of drug-likeness (QED) is 0.105. The van der Waals surface area contributed by atoms with Gasteiger partial charge in [-0.25, -0.2) is 19.2 Å². The number of amides is 2. The van der Waals surface area contributed by atoms with Gasteiger partial charge in [0.05, 0.1) is 23.5 Å². The van der Waals surface area contributed by atoms with E-state index >= 15 is 0 Å². The molecule has 3 rings (SSSR count). The van der Waals surface area contributed by atoms with Crippen LogP contribution >= 0.6 is 33.9 Å². The van der Waals surface area contributed by atoms with E-state index in [1.807, 2.05) is 6.08 Å². The Morgan fingerprint density at radius 1 is 1.32 bits per heavy atom. The number of alkyl halides is 1. The maximum absolute atomic E-state index is 13.1. The van der Waals surface area contributed by atoms with Crippen LogP contribution in [0.5, 0.6) is 0 Å². The van der Waals surface area contributed by atoms with Crippen LogP contribution in [-0.2, 0) is 19.4 Å². The number of carbonyl (C=O) groups is 2. The van der Waals surface area contributed by atoms with Crippen molar-refractivity contribution < 1.29 is 28.2 Å². The summed E-state index contributed by atoms with van der Waals surface area (Å²) in [6.07, 6.45) is 1.47. The predicted octanol–water partition coefficient (Wildman–Crippen LogP) is 1.02. The average Bonchev–Trinajstić information content (AvgIpc) is 3.52. The first-order chi connectivity index (χ1) is 17.8. The third kappa shape index (κ3) is 7.01. The number of hydrogen-bond donors (Lipinski definition) is 5. The lowest BCUT2D eigenvalue weighted by Crippen LogP contribution is -2.51. The highest BCUT2D eigenvalue weighted by Gasteiger charge is 2.41. The van der Waals surface area contributed by atoms with E-state index in [1.165, 1.54) is 9.91 Å². The van der Waals surface area contributed by atoms with Gasteiger partial charge in [-0.05, 0) is 37.5 Å². The molecule has 208 valence electrons. The van der Waals surface area contributed by atoms with Gasteiger partial charge in [0.1, 0.15) is 4.21 Å². The second-order valence-electron chi connectivity index (χ2n) is 8.84. The molecular weight excluding hydrogens is 647 g/mol. The summed E-state index contributed by atoms with van der Waals surface area (Å²) in [7, 11) is -3.65. The Bertz CT molecular complexity index is 1290. The largest absolute Gasteiger partial charge is 0.380 e. The number of aromatic nitrogens is 1. The van der Waals surface area contributed by atoms with Crippen LogP contribution in [0.3, 0.4) is 0 Å². The lowest BCUT2D eigenvalue weighted by atomic mass is 10.1. The lowest BCUT2D eigenvalue weighted by molar-refractivity contribution is -0.154. The summed E-state index contributed by atoms with van der Waals surface area (Å²) in [6, 6.07) is 5.78. The normalized spacial score (nSPS) is 18.4. The molecule has 2 heterocycles. The highest BCUT2D eigenvalue weighted by atomic mass is 127. The third-order valence-corrected chi connectivity index (χ3v) is 9.30. The molecule has 1 aromatic heterocycles. The van der Waals surface area contributed by atoms with Crippen molar-refractivity contribution in [1.82, 2.24) is 15.2 Å². The summed E-state index contributed by atoms with van der Waals surface area (Å²) in [5.74, 6) is 4.12. The smallest absolute Gasteiger partial charge is 0.255 e. The number of carbonyl (C=O) groups excluding carboxylic acids is 2. The number of nitrogens with two attached hydrogens (primary N) is 2. The highest BCUT2D eigenvalue weighted by Crippen LogP contribution is 2.38. The first-order valence-corrected chi connectivity index (χ1v) is 15.9. The number of nitrogen functional groups attached to an aromatic ring is 1. The number of aliphatic hydroxyl groups excluding tert-OH is 2. The van der Waals surface area contributed by atoms with Crippen LogP contribution in [0.15, 0.2) is 40.8 Å². The number of likely N-dealkylation sites (tertiary alicyclic amines) is 1. The van der Waals surface area contributed by atoms with Crippen molar-refractivity contribution in [3.05, 3.63) is 47.8 Å². The molecule has 2 aromatic rings. The van der Waals surface area contributed by atoms with E-state index in [-0.39, 0.29) is 21.6 Å². The first-order valence-electron chi connectivity index (χ1n) is 11.6. The van der Waals surface area contributed by atoms with E-state index in [0.29, 0.717) is 12.8 Å². The van der Waals surface area contributed by atoms with Crippen LogP contribution in [0.25, 0.3) is 0 Å². The SMILES string of the molecule is C[C@@H](NC(=O)[C@H](O)[C@@H](O)C(=O)N1CCC[C@@H]1c1nc(N)sc1S(C)(=O)=O)c1ccc(N(N)/C=C\CI)cc1. The maximum atomic E-state index is 13.1. The number of thiazole rings is 1. The van der Waals surface area contributed by atoms with E-state index in [4.69, 9.17) is 11.6 Å². The third-order valence-electron chi connectivity index (χ3n) is 6.05. The number of rotatable bonds is 10. The molecule has 0 spiro atoms. The Hall–Kier alpha value is -2.31. The van der Waals surface area contributed by atoms with Gasteiger partial charge in [0.2, 0.25) is 0 Å². The van der Waals surface area contributed by atoms with Crippen LogP contribution in [0.1, 0.15) is 43.1 Å². The summed E-state index contributed by atoms with van der Waals surface area (Å²) < 4.78 is 25.2. The molecule has 38 heavy (non-hydrogen) atoms. The monoisotopic (exact) mass is 678 g/mol. The van der Waals surface area contributed by atoms with Gasteiger partial charge in [-0.15, -0.1) is 0 Å². The Morgan fingerprint density at radius 2 is 1.97 bits per heavy atom. The van der Waals surface area contributed by atoms with Crippen molar-refractivity contribution in [3.8, 4) is 0 Å². The molecule has 2 amide bonds. The molecule has 0 bridgehead atoms. The van der Waals surface area contributed by atoms with Gasteiger partial charge < -0.3 is 26.2 Å². The molecule has 0 radical (unpaired) electrons. The van der Waals surface area contributed by atoms with Gasteiger partial charge in [0.25, 0.3) is 11.8 Å². The summed E-state index contributed by atoms with van der Waals surface area (Å²) in [4.78, 5) is 31.1. The number of hydrogen-bond acceptors (Lipinski definition) is 11. The number of allylic oxidation sites excluding steroid dienone is 1. The molecule has 0 unspecified atom stereocenters. The number of benzene rings is 1. The molecule has 1 aliphatic heterocycles. The Labute approximate surface area is 238 Å². The zero-order valence-electron chi connectivity index (χ0n) is 20.8. The van der Waals surface area contributed by atoms with Crippen molar-refractivity contribution in [2.45, 2.75) is 48.3 Å². The minimum atomic E-state index is -3.65.